The van der Waals surface area contributed by atoms with Gasteiger partial charge in [0.05, 0.1) is 24.2 Å². The van der Waals surface area contributed by atoms with Gasteiger partial charge >= 0.3 is 12.0 Å². The van der Waals surface area contributed by atoms with Gasteiger partial charge in [-0.25, -0.2) is 13.6 Å². The number of carbonyl (C=O) groups is 3. The van der Waals surface area contributed by atoms with E-state index in [9.17, 15) is 23.2 Å². The van der Waals surface area contributed by atoms with Crippen molar-refractivity contribution in [1.82, 2.24) is 10.2 Å². The summed E-state index contributed by atoms with van der Waals surface area (Å²) in [6, 6.07) is 9.80. The molecule has 0 aromatic heterocycles. The van der Waals surface area contributed by atoms with Crippen LogP contribution in [0.15, 0.2) is 42.5 Å². The lowest BCUT2D eigenvalue weighted by molar-refractivity contribution is -0.136. The number of benzene rings is 2. The van der Waals surface area contributed by atoms with E-state index >= 15 is 0 Å². The minimum absolute atomic E-state index is 0.0356. The third-order valence-electron chi connectivity index (χ3n) is 7.77. The van der Waals surface area contributed by atoms with Crippen LogP contribution in [-0.2, 0) is 11.3 Å². The Morgan fingerprint density at radius 1 is 1.11 bits per heavy atom. The fourth-order valence-corrected chi connectivity index (χ4v) is 5.52. The van der Waals surface area contributed by atoms with Crippen LogP contribution in [0.3, 0.4) is 0 Å². The summed E-state index contributed by atoms with van der Waals surface area (Å²) in [5.41, 5.74) is 0.829. The number of rotatable bonds is 8. The van der Waals surface area contributed by atoms with Gasteiger partial charge in [-0.1, -0.05) is 26.0 Å². The van der Waals surface area contributed by atoms with Crippen molar-refractivity contribution in [2.75, 3.05) is 18.0 Å². The second kappa shape index (κ2) is 10.9. The van der Waals surface area contributed by atoms with E-state index in [1.54, 1.807) is 24.3 Å². The maximum atomic E-state index is 14.7. The van der Waals surface area contributed by atoms with Crippen molar-refractivity contribution in [1.29, 1.82) is 0 Å². The minimum atomic E-state index is -0.989. The first-order valence-corrected chi connectivity index (χ1v) is 12.7. The average molecular weight is 514 g/mol. The molecule has 0 radical (unpaired) electrons. The van der Waals surface area contributed by atoms with Gasteiger partial charge in [-0.2, -0.15) is 0 Å². The molecule has 1 saturated heterocycles. The van der Waals surface area contributed by atoms with Crippen LogP contribution in [-0.4, -0.2) is 46.5 Å². The van der Waals surface area contributed by atoms with E-state index in [4.69, 9.17) is 5.11 Å². The zero-order valence-electron chi connectivity index (χ0n) is 21.2. The van der Waals surface area contributed by atoms with Gasteiger partial charge in [0.2, 0.25) is 0 Å². The fourth-order valence-electron chi connectivity index (χ4n) is 5.52. The summed E-state index contributed by atoms with van der Waals surface area (Å²) in [5.74, 6) is -1.70. The monoisotopic (exact) mass is 513 g/mol. The van der Waals surface area contributed by atoms with Crippen LogP contribution in [0.2, 0.25) is 0 Å². The van der Waals surface area contributed by atoms with E-state index in [0.717, 1.165) is 43.4 Å². The zero-order valence-corrected chi connectivity index (χ0v) is 21.2. The molecular formula is C28H33F2N3O4. The SMILES string of the molecule is CC(C)C1CCC2(CC1)CN(c1ccc(F)cc1F)C(=O)N2Cc1ccc(C(=O)NCCC(=O)O)cc1. The second-order valence-electron chi connectivity index (χ2n) is 10.5. The van der Waals surface area contributed by atoms with Gasteiger partial charge in [0.1, 0.15) is 11.6 Å². The van der Waals surface area contributed by atoms with Crippen molar-refractivity contribution in [2.24, 2.45) is 11.8 Å². The third-order valence-corrected chi connectivity index (χ3v) is 7.77. The molecule has 1 saturated carbocycles. The molecule has 4 rings (SSSR count). The van der Waals surface area contributed by atoms with Crippen LogP contribution < -0.4 is 10.2 Å². The molecule has 0 bridgehead atoms. The zero-order chi connectivity index (χ0) is 26.7. The topological polar surface area (TPSA) is 90.0 Å². The van der Waals surface area contributed by atoms with Crippen molar-refractivity contribution in [3.63, 3.8) is 0 Å². The Bertz CT molecular complexity index is 1160. The van der Waals surface area contributed by atoms with Crippen molar-refractivity contribution in [2.45, 2.75) is 58.0 Å². The molecule has 0 atom stereocenters. The minimum Gasteiger partial charge on any atom is -0.481 e. The van der Waals surface area contributed by atoms with Gasteiger partial charge < -0.3 is 15.3 Å². The standard InChI is InChI=1S/C28H33F2N3O4/c1-18(2)20-9-12-28(13-10-20)17-32(24-8-7-22(29)15-23(24)30)27(37)33(28)16-19-3-5-21(6-4-19)26(36)31-14-11-25(34)35/h3-8,15,18,20H,9-14,16-17H2,1-2H3,(H,31,36)(H,34,35). The average Bonchev–Trinajstić information content (AvgIpc) is 3.10. The van der Waals surface area contributed by atoms with E-state index in [0.29, 0.717) is 30.5 Å². The Morgan fingerprint density at radius 3 is 2.38 bits per heavy atom. The van der Waals surface area contributed by atoms with E-state index < -0.39 is 23.1 Å². The van der Waals surface area contributed by atoms with E-state index in [1.165, 1.54) is 11.0 Å². The highest BCUT2D eigenvalue weighted by molar-refractivity contribution is 5.96. The van der Waals surface area contributed by atoms with Crippen LogP contribution in [0, 0.1) is 23.5 Å². The van der Waals surface area contributed by atoms with Gasteiger partial charge in [-0.05, 0) is 67.3 Å². The molecule has 0 unspecified atom stereocenters. The Hall–Kier alpha value is -3.49. The number of amides is 3. The summed E-state index contributed by atoms with van der Waals surface area (Å²) in [5, 5.41) is 11.3. The van der Waals surface area contributed by atoms with Crippen LogP contribution in [0.1, 0.15) is 61.9 Å². The maximum Gasteiger partial charge on any atom is 0.325 e. The van der Waals surface area contributed by atoms with E-state index in [-0.39, 0.29) is 30.6 Å². The molecule has 1 heterocycles. The smallest absolute Gasteiger partial charge is 0.325 e. The predicted molar refractivity (Wildman–Crippen MR) is 135 cm³/mol. The van der Waals surface area contributed by atoms with Gasteiger partial charge in [-0.15, -0.1) is 0 Å². The molecule has 3 amide bonds. The number of aliphatic carboxylic acids is 1. The molecule has 2 aromatic rings. The molecule has 1 aliphatic carbocycles. The molecule has 1 spiro atoms. The maximum absolute atomic E-state index is 14.7. The first-order valence-electron chi connectivity index (χ1n) is 12.7. The number of nitrogens with one attached hydrogen (secondary N) is 1. The summed E-state index contributed by atoms with van der Waals surface area (Å²) in [4.78, 5) is 39.8. The Labute approximate surface area is 215 Å². The van der Waals surface area contributed by atoms with Crippen molar-refractivity contribution >= 4 is 23.6 Å². The molecule has 2 fully saturated rings. The van der Waals surface area contributed by atoms with E-state index in [2.05, 4.69) is 19.2 Å². The number of halogens is 2. The summed E-state index contributed by atoms with van der Waals surface area (Å²) in [7, 11) is 0. The van der Waals surface area contributed by atoms with Gasteiger partial charge in [0.15, 0.2) is 0 Å². The predicted octanol–water partition coefficient (Wildman–Crippen LogP) is 5.20. The third kappa shape index (κ3) is 5.76. The van der Waals surface area contributed by atoms with Gasteiger partial charge in [0.25, 0.3) is 5.91 Å². The lowest BCUT2D eigenvalue weighted by Crippen LogP contribution is -2.49. The highest BCUT2D eigenvalue weighted by Crippen LogP contribution is 2.45. The number of nitrogens with zero attached hydrogens (tertiary/aromatic N) is 2. The molecular weight excluding hydrogens is 480 g/mol. The van der Waals surface area contributed by atoms with Crippen molar-refractivity contribution < 1.29 is 28.3 Å². The number of anilines is 1. The Kier molecular flexibility index (Phi) is 7.80. The van der Waals surface area contributed by atoms with Crippen molar-refractivity contribution in [3.05, 3.63) is 65.2 Å². The van der Waals surface area contributed by atoms with Crippen LogP contribution >= 0.6 is 0 Å². The summed E-state index contributed by atoms with van der Waals surface area (Å²) in [6.07, 6.45) is 3.37. The molecule has 2 N–H and O–H groups in total. The largest absolute Gasteiger partial charge is 0.481 e. The number of urea groups is 1. The molecule has 198 valence electrons. The molecule has 2 aromatic carbocycles. The van der Waals surface area contributed by atoms with Gasteiger partial charge in [0, 0.05) is 24.7 Å². The highest BCUT2D eigenvalue weighted by Gasteiger charge is 2.51. The molecule has 7 nitrogen and oxygen atoms in total. The number of carbonyl (C=O) groups excluding carboxylic acids is 2. The molecule has 9 heteroatoms. The van der Waals surface area contributed by atoms with Gasteiger partial charge in [-0.3, -0.25) is 14.5 Å². The summed E-state index contributed by atoms with van der Waals surface area (Å²) >= 11 is 0. The molecule has 2 aliphatic rings. The number of carboxylic acids is 1. The van der Waals surface area contributed by atoms with E-state index in [1.807, 2.05) is 4.90 Å². The number of hydrogen-bond acceptors (Lipinski definition) is 3. The van der Waals surface area contributed by atoms with Crippen LogP contribution in [0.25, 0.3) is 0 Å². The first kappa shape index (κ1) is 26.6. The number of hydrogen-bond donors (Lipinski definition) is 2. The molecule has 1 aliphatic heterocycles. The lowest BCUT2D eigenvalue weighted by Gasteiger charge is -2.43. The second-order valence-corrected chi connectivity index (χ2v) is 10.5. The number of carboxylic acid groups (broad SMARTS) is 1. The lowest BCUT2D eigenvalue weighted by atomic mass is 9.72. The van der Waals surface area contributed by atoms with Crippen molar-refractivity contribution in [3.8, 4) is 0 Å². The quantitative estimate of drug-likeness (QED) is 0.508. The van der Waals surface area contributed by atoms with Crippen LogP contribution in [0.4, 0.5) is 19.3 Å². The highest BCUT2D eigenvalue weighted by atomic mass is 19.1. The summed E-state index contributed by atoms with van der Waals surface area (Å²) < 4.78 is 28.2. The molecule has 37 heavy (non-hydrogen) atoms. The fraction of sp³-hybridized carbons (Fsp3) is 0.464. The Morgan fingerprint density at radius 2 is 1.78 bits per heavy atom. The summed E-state index contributed by atoms with van der Waals surface area (Å²) in [6.45, 7) is 5.09. The Balaban J connectivity index is 1.55. The first-order chi connectivity index (χ1) is 17.6. The van der Waals surface area contributed by atoms with Crippen LogP contribution in [0.5, 0.6) is 0 Å². The normalized spacial score (nSPS) is 21.6.